The summed E-state index contributed by atoms with van der Waals surface area (Å²) >= 11 is 3.60. The van der Waals surface area contributed by atoms with E-state index < -0.39 is 0 Å². The van der Waals surface area contributed by atoms with Crippen LogP contribution in [0.2, 0.25) is 0 Å². The van der Waals surface area contributed by atoms with E-state index in [1.54, 1.807) is 0 Å². The molecule has 2 aromatic rings. The number of rotatable bonds is 2. The number of benzene rings is 2. The molecule has 0 radical (unpaired) electrons. The molecular formula is C22H22BrNO3. The molecule has 3 aliphatic heterocycles. The SMILES string of the molecule is CCOC(=O)[C@@H]1[C@H]2COc3ccc(Br)cc3[C@H]2N2CCc3ccccc3[C@H]12. The average Bonchev–Trinajstić information content (AvgIpc) is 3.03. The third-order valence-electron chi connectivity index (χ3n) is 6.22. The molecule has 0 aromatic heterocycles. The summed E-state index contributed by atoms with van der Waals surface area (Å²) in [6.07, 6.45) is 1.01. The largest absolute Gasteiger partial charge is 0.493 e. The summed E-state index contributed by atoms with van der Waals surface area (Å²) < 4.78 is 12.7. The Labute approximate surface area is 167 Å². The minimum absolute atomic E-state index is 0.0533. The second kappa shape index (κ2) is 6.64. The average molecular weight is 428 g/mol. The van der Waals surface area contributed by atoms with Crippen molar-refractivity contribution in [3.05, 3.63) is 63.6 Å². The van der Waals surface area contributed by atoms with Gasteiger partial charge in [-0.1, -0.05) is 40.2 Å². The van der Waals surface area contributed by atoms with Gasteiger partial charge in [-0.3, -0.25) is 9.69 Å². The van der Waals surface area contributed by atoms with E-state index in [0.29, 0.717) is 13.2 Å². The van der Waals surface area contributed by atoms with E-state index in [1.807, 2.05) is 19.1 Å². The molecule has 5 rings (SSSR count). The maximum atomic E-state index is 13.0. The van der Waals surface area contributed by atoms with Gasteiger partial charge in [-0.05, 0) is 42.7 Å². The van der Waals surface area contributed by atoms with Crippen molar-refractivity contribution in [3.8, 4) is 5.75 Å². The lowest BCUT2D eigenvalue weighted by Crippen LogP contribution is -2.36. The van der Waals surface area contributed by atoms with Crippen LogP contribution in [0.4, 0.5) is 0 Å². The zero-order valence-electron chi connectivity index (χ0n) is 15.2. The Morgan fingerprint density at radius 3 is 2.93 bits per heavy atom. The van der Waals surface area contributed by atoms with E-state index in [0.717, 1.165) is 23.2 Å². The Morgan fingerprint density at radius 1 is 1.22 bits per heavy atom. The predicted molar refractivity (Wildman–Crippen MR) is 106 cm³/mol. The Balaban J connectivity index is 1.66. The summed E-state index contributed by atoms with van der Waals surface area (Å²) in [5, 5.41) is 0. The molecule has 0 unspecified atom stereocenters. The van der Waals surface area contributed by atoms with Gasteiger partial charge in [0.05, 0.1) is 19.1 Å². The van der Waals surface area contributed by atoms with Crippen molar-refractivity contribution >= 4 is 21.9 Å². The number of halogens is 1. The molecule has 1 fully saturated rings. The monoisotopic (exact) mass is 427 g/mol. The Morgan fingerprint density at radius 2 is 2.07 bits per heavy atom. The number of hydrogen-bond acceptors (Lipinski definition) is 4. The summed E-state index contributed by atoms with van der Waals surface area (Å²) in [5.74, 6) is 0.728. The molecule has 0 amide bonds. The van der Waals surface area contributed by atoms with Crippen LogP contribution in [0, 0.1) is 11.8 Å². The number of carbonyl (C=O) groups excluding carboxylic acids is 1. The molecule has 4 atom stereocenters. The van der Waals surface area contributed by atoms with Crippen LogP contribution in [-0.2, 0) is 16.0 Å². The minimum Gasteiger partial charge on any atom is -0.493 e. The second-order valence-corrected chi connectivity index (χ2v) is 8.43. The molecule has 0 N–H and O–H groups in total. The number of esters is 1. The van der Waals surface area contributed by atoms with Gasteiger partial charge in [0.15, 0.2) is 0 Å². The van der Waals surface area contributed by atoms with Crippen molar-refractivity contribution in [1.29, 1.82) is 0 Å². The fourth-order valence-corrected chi connectivity index (χ4v) is 5.60. The van der Waals surface area contributed by atoms with E-state index in [1.165, 1.54) is 16.7 Å². The highest BCUT2D eigenvalue weighted by atomic mass is 79.9. The molecule has 0 saturated carbocycles. The zero-order chi connectivity index (χ0) is 18.5. The van der Waals surface area contributed by atoms with Gasteiger partial charge in [-0.15, -0.1) is 0 Å². The fraction of sp³-hybridized carbons (Fsp3) is 0.409. The van der Waals surface area contributed by atoms with Crippen molar-refractivity contribution in [2.45, 2.75) is 25.4 Å². The van der Waals surface area contributed by atoms with Crippen molar-refractivity contribution in [2.24, 2.45) is 11.8 Å². The minimum atomic E-state index is -0.205. The maximum absolute atomic E-state index is 13.0. The Bertz CT molecular complexity index is 899. The summed E-state index contributed by atoms with van der Waals surface area (Å²) in [4.78, 5) is 15.5. The number of carbonyl (C=O) groups is 1. The highest BCUT2D eigenvalue weighted by Gasteiger charge is 2.57. The number of ether oxygens (including phenoxy) is 2. The highest BCUT2D eigenvalue weighted by molar-refractivity contribution is 9.10. The lowest BCUT2D eigenvalue weighted by Gasteiger charge is -2.38. The molecule has 4 nitrogen and oxygen atoms in total. The Kier molecular flexibility index (Phi) is 4.25. The predicted octanol–water partition coefficient (Wildman–Crippen LogP) is 4.29. The first kappa shape index (κ1) is 17.3. The molecule has 1 saturated heterocycles. The van der Waals surface area contributed by atoms with Crippen molar-refractivity contribution in [2.75, 3.05) is 19.8 Å². The third kappa shape index (κ3) is 2.63. The smallest absolute Gasteiger partial charge is 0.311 e. The van der Waals surface area contributed by atoms with Crippen LogP contribution in [0.5, 0.6) is 5.75 Å². The lowest BCUT2D eigenvalue weighted by molar-refractivity contribution is -0.151. The van der Waals surface area contributed by atoms with Gasteiger partial charge in [0.2, 0.25) is 0 Å². The van der Waals surface area contributed by atoms with Crippen molar-refractivity contribution in [1.82, 2.24) is 4.90 Å². The number of fused-ring (bicyclic) bond motifs is 7. The molecular weight excluding hydrogens is 406 g/mol. The van der Waals surface area contributed by atoms with Crippen LogP contribution in [0.3, 0.4) is 0 Å². The number of hydrogen-bond donors (Lipinski definition) is 0. The fourth-order valence-electron chi connectivity index (χ4n) is 5.22. The van der Waals surface area contributed by atoms with Crippen LogP contribution < -0.4 is 4.74 Å². The second-order valence-electron chi connectivity index (χ2n) is 7.51. The normalized spacial score (nSPS) is 28.4. The molecule has 3 aliphatic rings. The first-order chi connectivity index (χ1) is 13.2. The highest BCUT2D eigenvalue weighted by Crippen LogP contribution is 2.57. The van der Waals surface area contributed by atoms with E-state index >= 15 is 0 Å². The molecule has 140 valence electrons. The van der Waals surface area contributed by atoms with Gasteiger partial charge in [-0.2, -0.15) is 0 Å². The van der Waals surface area contributed by atoms with E-state index in [-0.39, 0.29) is 29.9 Å². The van der Waals surface area contributed by atoms with E-state index in [2.05, 4.69) is 51.2 Å². The number of nitrogens with zero attached hydrogens (tertiary/aromatic N) is 1. The van der Waals surface area contributed by atoms with Crippen LogP contribution in [0.15, 0.2) is 46.9 Å². The Hall–Kier alpha value is -1.85. The van der Waals surface area contributed by atoms with Gasteiger partial charge in [-0.25, -0.2) is 0 Å². The zero-order valence-corrected chi connectivity index (χ0v) is 16.8. The molecule has 0 bridgehead atoms. The first-order valence-electron chi connectivity index (χ1n) is 9.61. The van der Waals surface area contributed by atoms with Gasteiger partial charge in [0, 0.05) is 34.6 Å². The van der Waals surface area contributed by atoms with Crippen LogP contribution in [0.1, 0.15) is 35.7 Å². The maximum Gasteiger partial charge on any atom is 0.311 e. The van der Waals surface area contributed by atoms with Crippen LogP contribution in [-0.4, -0.2) is 30.6 Å². The molecule has 0 spiro atoms. The van der Waals surface area contributed by atoms with Gasteiger partial charge in [0.25, 0.3) is 0 Å². The molecule has 5 heteroatoms. The van der Waals surface area contributed by atoms with Gasteiger partial charge >= 0.3 is 5.97 Å². The molecule has 27 heavy (non-hydrogen) atoms. The van der Waals surface area contributed by atoms with Crippen molar-refractivity contribution in [3.63, 3.8) is 0 Å². The quantitative estimate of drug-likeness (QED) is 0.669. The molecule has 3 heterocycles. The van der Waals surface area contributed by atoms with Crippen LogP contribution in [0.25, 0.3) is 0 Å². The standard InChI is InChI=1S/C22H22BrNO3/c1-2-26-22(25)19-17-12-27-18-8-7-14(23)11-16(18)20(17)24-10-9-13-5-3-4-6-15(13)21(19)24/h3-8,11,17,19-21H,2,9-10,12H2,1H3/t17-,19-,20-,21-/m1/s1. The summed E-state index contributed by atoms with van der Waals surface area (Å²) in [7, 11) is 0. The summed E-state index contributed by atoms with van der Waals surface area (Å²) in [5.41, 5.74) is 3.80. The lowest BCUT2D eigenvalue weighted by atomic mass is 9.80. The summed E-state index contributed by atoms with van der Waals surface area (Å²) in [6.45, 7) is 3.79. The topological polar surface area (TPSA) is 38.8 Å². The third-order valence-corrected chi connectivity index (χ3v) is 6.71. The molecule has 2 aromatic carbocycles. The summed E-state index contributed by atoms with van der Waals surface area (Å²) in [6, 6.07) is 15.0. The van der Waals surface area contributed by atoms with E-state index in [9.17, 15) is 4.79 Å². The molecule has 0 aliphatic carbocycles. The van der Waals surface area contributed by atoms with Crippen LogP contribution >= 0.6 is 15.9 Å². The van der Waals surface area contributed by atoms with Crippen molar-refractivity contribution < 1.29 is 14.3 Å². The van der Waals surface area contributed by atoms with Gasteiger partial charge < -0.3 is 9.47 Å². The van der Waals surface area contributed by atoms with E-state index in [4.69, 9.17) is 9.47 Å². The first-order valence-corrected chi connectivity index (χ1v) is 10.4. The van der Waals surface area contributed by atoms with Gasteiger partial charge in [0.1, 0.15) is 5.75 Å².